The zero-order chi connectivity index (χ0) is 22.8. The molecule has 32 heavy (non-hydrogen) atoms. The van der Waals surface area contributed by atoms with Gasteiger partial charge in [-0.1, -0.05) is 55.0 Å². The molecule has 0 aromatic heterocycles. The van der Waals surface area contributed by atoms with Gasteiger partial charge in [-0.05, 0) is 42.0 Å². The van der Waals surface area contributed by atoms with E-state index in [1.54, 1.807) is 0 Å². The van der Waals surface area contributed by atoms with Crippen LogP contribution in [-0.4, -0.2) is 53.7 Å². The van der Waals surface area contributed by atoms with E-state index in [1.165, 1.54) is 18.9 Å². The number of likely N-dealkylation sites (N-methyl/N-ethyl adjacent to an activating group) is 1. The third-order valence-corrected chi connectivity index (χ3v) is 6.77. The Labute approximate surface area is 187 Å². The Balaban J connectivity index is 1.39. The van der Waals surface area contributed by atoms with Gasteiger partial charge in [0.05, 0.1) is 5.92 Å². The fourth-order valence-electron chi connectivity index (χ4n) is 4.84. The largest absolute Gasteiger partial charge is 0.480 e. The highest BCUT2D eigenvalue weighted by molar-refractivity contribution is 5.86. The molecule has 2 aromatic rings. The van der Waals surface area contributed by atoms with Crippen molar-refractivity contribution in [3.8, 4) is 11.1 Å². The first-order valence-electron chi connectivity index (χ1n) is 11.0. The van der Waals surface area contributed by atoms with Crippen molar-refractivity contribution in [3.05, 3.63) is 59.7 Å². The maximum absolute atomic E-state index is 12.8. The van der Waals surface area contributed by atoms with Crippen molar-refractivity contribution < 1.29 is 24.2 Å². The number of alkyl carbamates (subject to hydrolysis) is 1. The molecule has 0 aliphatic heterocycles. The van der Waals surface area contributed by atoms with Gasteiger partial charge in [0.15, 0.2) is 0 Å². The van der Waals surface area contributed by atoms with Crippen LogP contribution in [0.25, 0.3) is 11.1 Å². The minimum atomic E-state index is -1.06. The van der Waals surface area contributed by atoms with Crippen molar-refractivity contribution in [2.45, 2.75) is 44.2 Å². The minimum absolute atomic E-state index is 0.0308. The highest BCUT2D eigenvalue weighted by atomic mass is 16.5. The summed E-state index contributed by atoms with van der Waals surface area (Å²) in [4.78, 5) is 37.9. The number of carbonyl (C=O) groups excluding carboxylic acids is 2. The monoisotopic (exact) mass is 436 g/mol. The van der Waals surface area contributed by atoms with Gasteiger partial charge in [-0.3, -0.25) is 4.79 Å². The fraction of sp³-hybridized carbons (Fsp3) is 0.400. The number of fused-ring (bicyclic) bond motifs is 3. The number of carboxylic acid groups (broad SMARTS) is 1. The first kappa shape index (κ1) is 21.9. The topological polar surface area (TPSA) is 95.9 Å². The van der Waals surface area contributed by atoms with Crippen LogP contribution in [0.3, 0.4) is 0 Å². The molecule has 1 fully saturated rings. The van der Waals surface area contributed by atoms with Crippen LogP contribution in [0.2, 0.25) is 0 Å². The molecule has 1 saturated carbocycles. The molecule has 7 heteroatoms. The van der Waals surface area contributed by atoms with Crippen molar-refractivity contribution >= 4 is 18.0 Å². The summed E-state index contributed by atoms with van der Waals surface area (Å²) in [6.45, 7) is 1.68. The number of amides is 2. The van der Waals surface area contributed by atoms with Crippen LogP contribution in [0.5, 0.6) is 0 Å². The lowest BCUT2D eigenvalue weighted by Gasteiger charge is -2.28. The number of hydrogen-bond acceptors (Lipinski definition) is 4. The van der Waals surface area contributed by atoms with E-state index >= 15 is 0 Å². The lowest BCUT2D eigenvalue weighted by Crippen LogP contribution is -2.48. The summed E-state index contributed by atoms with van der Waals surface area (Å²) in [7, 11) is 1.49. The smallest absolute Gasteiger partial charge is 0.407 e. The van der Waals surface area contributed by atoms with E-state index < -0.39 is 24.0 Å². The van der Waals surface area contributed by atoms with Crippen molar-refractivity contribution in [2.75, 3.05) is 13.7 Å². The number of aliphatic carboxylic acids is 1. The average molecular weight is 437 g/mol. The number of benzene rings is 2. The van der Waals surface area contributed by atoms with Gasteiger partial charge >= 0.3 is 12.1 Å². The van der Waals surface area contributed by atoms with Crippen LogP contribution in [0, 0.1) is 5.92 Å². The Morgan fingerprint density at radius 3 is 2.25 bits per heavy atom. The van der Waals surface area contributed by atoms with Crippen LogP contribution in [0.15, 0.2) is 48.5 Å². The molecule has 0 heterocycles. The molecule has 7 nitrogen and oxygen atoms in total. The number of hydrogen-bond donors (Lipinski definition) is 2. The molecular formula is C25H28N2O5. The molecule has 0 spiro atoms. The van der Waals surface area contributed by atoms with E-state index in [4.69, 9.17) is 4.74 Å². The quantitative estimate of drug-likeness (QED) is 0.721. The second-order valence-electron chi connectivity index (χ2n) is 8.58. The summed E-state index contributed by atoms with van der Waals surface area (Å²) in [5.41, 5.74) is 4.60. The van der Waals surface area contributed by atoms with E-state index in [0.29, 0.717) is 12.8 Å². The molecule has 2 N–H and O–H groups in total. The molecule has 0 unspecified atom stereocenters. The maximum atomic E-state index is 12.8. The molecule has 4 rings (SSSR count). The number of ether oxygens (including phenoxy) is 1. The summed E-state index contributed by atoms with van der Waals surface area (Å²) in [5, 5.41) is 12.0. The zero-order valence-electron chi connectivity index (χ0n) is 18.3. The summed E-state index contributed by atoms with van der Waals surface area (Å²) >= 11 is 0. The van der Waals surface area contributed by atoms with Gasteiger partial charge in [-0.2, -0.15) is 0 Å². The van der Waals surface area contributed by atoms with Gasteiger partial charge in [0, 0.05) is 19.0 Å². The third-order valence-electron chi connectivity index (χ3n) is 6.77. The van der Waals surface area contributed by atoms with E-state index in [0.717, 1.165) is 28.7 Å². The Kier molecular flexibility index (Phi) is 6.17. The number of carboxylic acids is 1. The molecule has 0 saturated heterocycles. The molecule has 2 aliphatic carbocycles. The van der Waals surface area contributed by atoms with Crippen LogP contribution >= 0.6 is 0 Å². The van der Waals surface area contributed by atoms with E-state index in [1.807, 2.05) is 24.3 Å². The molecule has 0 radical (unpaired) electrons. The zero-order valence-corrected chi connectivity index (χ0v) is 18.3. The average Bonchev–Trinajstić information content (AvgIpc) is 3.38. The number of nitrogens with zero attached hydrogens (tertiary/aromatic N) is 1. The van der Waals surface area contributed by atoms with Gasteiger partial charge < -0.3 is 20.1 Å². The fourth-order valence-corrected chi connectivity index (χ4v) is 4.84. The number of carbonyl (C=O) groups is 3. The maximum Gasteiger partial charge on any atom is 0.407 e. The van der Waals surface area contributed by atoms with Crippen LogP contribution in [0.1, 0.15) is 43.2 Å². The first-order valence-corrected chi connectivity index (χ1v) is 11.0. The molecule has 0 bridgehead atoms. The van der Waals surface area contributed by atoms with E-state index in [-0.39, 0.29) is 24.5 Å². The summed E-state index contributed by atoms with van der Waals surface area (Å²) in [6, 6.07) is 15.0. The first-order chi connectivity index (χ1) is 15.4. The molecule has 3 atom stereocenters. The Hall–Kier alpha value is -3.35. The predicted octanol–water partition coefficient (Wildman–Crippen LogP) is 3.63. The Bertz CT molecular complexity index is 991. The van der Waals surface area contributed by atoms with Gasteiger partial charge in [-0.25, -0.2) is 9.59 Å². The second-order valence-corrected chi connectivity index (χ2v) is 8.58. The highest BCUT2D eigenvalue weighted by Gasteiger charge is 2.38. The van der Waals surface area contributed by atoms with Crippen molar-refractivity contribution in [3.63, 3.8) is 0 Å². The van der Waals surface area contributed by atoms with Crippen molar-refractivity contribution in [1.29, 1.82) is 0 Å². The lowest BCUT2D eigenvalue weighted by molar-refractivity contribution is -0.150. The molecule has 168 valence electrons. The number of rotatable bonds is 6. The van der Waals surface area contributed by atoms with Gasteiger partial charge in [0.25, 0.3) is 0 Å². The molecular weight excluding hydrogens is 408 g/mol. The van der Waals surface area contributed by atoms with Gasteiger partial charge in [0.1, 0.15) is 12.6 Å². The van der Waals surface area contributed by atoms with Gasteiger partial charge in [-0.15, -0.1) is 0 Å². The highest BCUT2D eigenvalue weighted by Crippen LogP contribution is 2.44. The van der Waals surface area contributed by atoms with Crippen molar-refractivity contribution in [2.24, 2.45) is 5.92 Å². The SMILES string of the molecule is C[C@@H](C(=O)O)N(C)C(=O)[C@@H]1CCC[C@@H]1NC(=O)OCC1c2ccccc2-c2ccccc21. The summed E-state index contributed by atoms with van der Waals surface area (Å²) < 4.78 is 5.61. The van der Waals surface area contributed by atoms with Crippen LogP contribution < -0.4 is 5.32 Å². The summed E-state index contributed by atoms with van der Waals surface area (Å²) in [5.74, 6) is -1.79. The molecule has 2 aliphatic rings. The third kappa shape index (κ3) is 4.07. The van der Waals surface area contributed by atoms with E-state index in [9.17, 15) is 19.5 Å². The second kappa shape index (κ2) is 9.02. The standard InChI is InChI=1S/C25H28N2O5/c1-15(24(29)30)27(2)23(28)20-12-7-13-22(20)26-25(31)32-14-21-18-10-5-3-8-16(18)17-9-4-6-11-19(17)21/h3-6,8-11,15,20-22H,7,12-14H2,1-2H3,(H,26,31)(H,29,30)/t15-,20+,22-/m0/s1. The van der Waals surface area contributed by atoms with Gasteiger partial charge in [0.2, 0.25) is 5.91 Å². The summed E-state index contributed by atoms with van der Waals surface area (Å²) in [6.07, 6.45) is 1.52. The Morgan fingerprint density at radius 1 is 1.06 bits per heavy atom. The minimum Gasteiger partial charge on any atom is -0.480 e. The normalized spacial score (nSPS) is 20.2. The van der Waals surface area contributed by atoms with Crippen LogP contribution in [-0.2, 0) is 14.3 Å². The van der Waals surface area contributed by atoms with Crippen molar-refractivity contribution in [1.82, 2.24) is 10.2 Å². The lowest BCUT2D eigenvalue weighted by atomic mass is 9.98. The van der Waals surface area contributed by atoms with Crippen LogP contribution in [0.4, 0.5) is 4.79 Å². The molecule has 2 aromatic carbocycles. The number of nitrogens with one attached hydrogen (secondary N) is 1. The molecule has 2 amide bonds. The van der Waals surface area contributed by atoms with E-state index in [2.05, 4.69) is 29.6 Å². The predicted molar refractivity (Wildman–Crippen MR) is 119 cm³/mol. The Morgan fingerprint density at radius 2 is 1.66 bits per heavy atom.